The van der Waals surface area contributed by atoms with Gasteiger partial charge in [0.05, 0.1) is 18.9 Å². The molecule has 1 rings (SSSR count). The Bertz CT molecular complexity index is 393. The Hall–Kier alpha value is -1.59. The maximum Gasteiger partial charge on any atom is 0.221 e. The summed E-state index contributed by atoms with van der Waals surface area (Å²) in [6, 6.07) is 5.18. The summed E-state index contributed by atoms with van der Waals surface area (Å²) in [7, 11) is 3.31. The summed E-state index contributed by atoms with van der Waals surface area (Å²) < 4.78 is 5.08. The predicted molar refractivity (Wildman–Crippen MR) is 66.2 cm³/mol. The molecule has 0 aliphatic heterocycles. The van der Waals surface area contributed by atoms with Crippen molar-refractivity contribution in [3.8, 4) is 5.75 Å². The molecule has 1 unspecified atom stereocenters. The second-order valence-electron chi connectivity index (χ2n) is 3.71. The van der Waals surface area contributed by atoms with Crippen LogP contribution in [-0.2, 0) is 4.79 Å². The molecular weight excluding hydrogens is 220 g/mol. The number of anilines is 1. The fraction of sp³-hybridized carbons (Fsp3) is 0.417. The van der Waals surface area contributed by atoms with Crippen molar-refractivity contribution in [3.05, 3.63) is 23.8 Å². The number of aliphatic hydroxyl groups is 1. The van der Waals surface area contributed by atoms with Gasteiger partial charge in [0.2, 0.25) is 5.91 Å². The summed E-state index contributed by atoms with van der Waals surface area (Å²) >= 11 is 0. The van der Waals surface area contributed by atoms with E-state index in [1.165, 1.54) is 6.92 Å². The molecule has 0 aliphatic carbocycles. The molecule has 0 spiro atoms. The van der Waals surface area contributed by atoms with Gasteiger partial charge in [0.25, 0.3) is 0 Å². The van der Waals surface area contributed by atoms with Crippen LogP contribution < -0.4 is 15.4 Å². The largest absolute Gasteiger partial charge is 0.497 e. The third kappa shape index (κ3) is 3.72. The number of carbonyl (C=O) groups is 1. The number of likely N-dealkylation sites (N-methyl/N-ethyl adjacent to an activating group) is 1. The summed E-state index contributed by atoms with van der Waals surface area (Å²) in [5.41, 5.74) is 1.23. The van der Waals surface area contributed by atoms with E-state index in [4.69, 9.17) is 4.74 Å². The van der Waals surface area contributed by atoms with Gasteiger partial charge in [-0.25, -0.2) is 0 Å². The Morgan fingerprint density at radius 1 is 1.53 bits per heavy atom. The zero-order valence-electron chi connectivity index (χ0n) is 10.3. The summed E-state index contributed by atoms with van der Waals surface area (Å²) in [5, 5.41) is 15.5. The highest BCUT2D eigenvalue weighted by molar-refractivity contribution is 5.89. The number of benzene rings is 1. The monoisotopic (exact) mass is 238 g/mol. The van der Waals surface area contributed by atoms with Gasteiger partial charge >= 0.3 is 0 Å². The van der Waals surface area contributed by atoms with E-state index < -0.39 is 6.10 Å². The highest BCUT2D eigenvalue weighted by atomic mass is 16.5. The lowest BCUT2D eigenvalue weighted by Gasteiger charge is -2.16. The van der Waals surface area contributed by atoms with Gasteiger partial charge in [0, 0.05) is 25.1 Å². The van der Waals surface area contributed by atoms with E-state index in [0.29, 0.717) is 23.5 Å². The number of hydrogen-bond donors (Lipinski definition) is 3. The fourth-order valence-corrected chi connectivity index (χ4v) is 1.55. The van der Waals surface area contributed by atoms with Gasteiger partial charge in [0.1, 0.15) is 5.75 Å². The smallest absolute Gasteiger partial charge is 0.221 e. The summed E-state index contributed by atoms with van der Waals surface area (Å²) in [6.07, 6.45) is -0.673. The molecule has 1 aromatic rings. The molecule has 1 aromatic carbocycles. The molecule has 0 fully saturated rings. The van der Waals surface area contributed by atoms with Crippen molar-refractivity contribution in [1.82, 2.24) is 5.32 Å². The van der Waals surface area contributed by atoms with E-state index in [9.17, 15) is 9.90 Å². The Kier molecular flexibility index (Phi) is 4.93. The number of carbonyl (C=O) groups excluding carboxylic acids is 1. The molecule has 0 saturated carbocycles. The first-order valence-corrected chi connectivity index (χ1v) is 5.36. The van der Waals surface area contributed by atoms with Crippen LogP contribution in [0.2, 0.25) is 0 Å². The van der Waals surface area contributed by atoms with Crippen molar-refractivity contribution in [1.29, 1.82) is 0 Å². The van der Waals surface area contributed by atoms with Crippen LogP contribution in [0.4, 0.5) is 5.69 Å². The van der Waals surface area contributed by atoms with Crippen LogP contribution in [0.3, 0.4) is 0 Å². The van der Waals surface area contributed by atoms with E-state index in [0.717, 1.165) is 0 Å². The molecule has 0 heterocycles. The molecule has 0 aromatic heterocycles. The topological polar surface area (TPSA) is 70.6 Å². The zero-order valence-corrected chi connectivity index (χ0v) is 10.3. The third-order valence-corrected chi connectivity index (χ3v) is 2.33. The summed E-state index contributed by atoms with van der Waals surface area (Å²) in [5.74, 6) is 0.449. The Balaban J connectivity index is 3.05. The second kappa shape index (κ2) is 6.22. The first-order chi connectivity index (χ1) is 8.08. The maximum absolute atomic E-state index is 11.1. The lowest BCUT2D eigenvalue weighted by molar-refractivity contribution is -0.114. The Morgan fingerprint density at radius 3 is 2.76 bits per heavy atom. The lowest BCUT2D eigenvalue weighted by atomic mass is 10.1. The number of rotatable bonds is 5. The van der Waals surface area contributed by atoms with Gasteiger partial charge in [-0.15, -0.1) is 0 Å². The van der Waals surface area contributed by atoms with Gasteiger partial charge in [-0.05, 0) is 13.1 Å². The minimum Gasteiger partial charge on any atom is -0.497 e. The molecule has 94 valence electrons. The molecule has 17 heavy (non-hydrogen) atoms. The second-order valence-corrected chi connectivity index (χ2v) is 3.71. The molecule has 0 radical (unpaired) electrons. The number of nitrogens with one attached hydrogen (secondary N) is 2. The Labute approximate surface area is 101 Å². The fourth-order valence-electron chi connectivity index (χ4n) is 1.55. The van der Waals surface area contributed by atoms with Gasteiger partial charge in [-0.1, -0.05) is 6.07 Å². The van der Waals surface area contributed by atoms with Crippen molar-refractivity contribution in [2.24, 2.45) is 0 Å². The number of methoxy groups -OCH3 is 1. The molecule has 5 heteroatoms. The first kappa shape index (κ1) is 13.5. The lowest BCUT2D eigenvalue weighted by Crippen LogP contribution is -2.19. The van der Waals surface area contributed by atoms with E-state index in [2.05, 4.69) is 10.6 Å². The highest BCUT2D eigenvalue weighted by Crippen LogP contribution is 2.27. The average molecular weight is 238 g/mol. The van der Waals surface area contributed by atoms with Crippen molar-refractivity contribution < 1.29 is 14.6 Å². The van der Waals surface area contributed by atoms with Gasteiger partial charge in [-0.2, -0.15) is 0 Å². The van der Waals surface area contributed by atoms with Crippen LogP contribution in [0.25, 0.3) is 0 Å². The van der Waals surface area contributed by atoms with Crippen LogP contribution in [-0.4, -0.2) is 31.7 Å². The van der Waals surface area contributed by atoms with Crippen LogP contribution in [0.15, 0.2) is 18.2 Å². The molecule has 3 N–H and O–H groups in total. The van der Waals surface area contributed by atoms with Crippen molar-refractivity contribution in [2.45, 2.75) is 13.0 Å². The van der Waals surface area contributed by atoms with Crippen LogP contribution in [0.1, 0.15) is 18.6 Å². The maximum atomic E-state index is 11.1. The molecule has 0 saturated heterocycles. The SMILES string of the molecule is CNCC(O)c1ccc(OC)cc1NC(C)=O. The number of aliphatic hydroxyl groups excluding tert-OH is 1. The molecule has 1 amide bonds. The molecular formula is C12H18N2O3. The molecule has 1 atom stereocenters. The number of ether oxygens (including phenoxy) is 1. The molecule has 0 aliphatic rings. The van der Waals surface area contributed by atoms with E-state index in [-0.39, 0.29) is 5.91 Å². The predicted octanol–water partition coefficient (Wildman–Crippen LogP) is 0.906. The minimum atomic E-state index is -0.673. The van der Waals surface area contributed by atoms with E-state index in [1.807, 2.05) is 0 Å². The zero-order chi connectivity index (χ0) is 12.8. The Morgan fingerprint density at radius 2 is 2.24 bits per heavy atom. The quantitative estimate of drug-likeness (QED) is 0.713. The van der Waals surface area contributed by atoms with Crippen molar-refractivity contribution >= 4 is 11.6 Å². The van der Waals surface area contributed by atoms with Crippen LogP contribution in [0.5, 0.6) is 5.75 Å². The van der Waals surface area contributed by atoms with Crippen LogP contribution in [0, 0.1) is 0 Å². The number of hydrogen-bond acceptors (Lipinski definition) is 4. The molecule has 0 bridgehead atoms. The average Bonchev–Trinajstić information content (AvgIpc) is 2.28. The minimum absolute atomic E-state index is 0.184. The standard InChI is InChI=1S/C12H18N2O3/c1-8(15)14-11-6-9(17-3)4-5-10(11)12(16)7-13-2/h4-6,12-13,16H,7H2,1-3H3,(H,14,15). The van der Waals surface area contributed by atoms with E-state index in [1.54, 1.807) is 32.4 Å². The normalized spacial score (nSPS) is 12.0. The van der Waals surface area contributed by atoms with Crippen molar-refractivity contribution in [3.63, 3.8) is 0 Å². The summed E-state index contributed by atoms with van der Waals surface area (Å²) in [6.45, 7) is 1.84. The molecule has 5 nitrogen and oxygen atoms in total. The number of amides is 1. The van der Waals surface area contributed by atoms with Gasteiger partial charge in [0.15, 0.2) is 0 Å². The third-order valence-electron chi connectivity index (χ3n) is 2.33. The van der Waals surface area contributed by atoms with Crippen LogP contribution >= 0.6 is 0 Å². The van der Waals surface area contributed by atoms with E-state index >= 15 is 0 Å². The highest BCUT2D eigenvalue weighted by Gasteiger charge is 2.13. The van der Waals surface area contributed by atoms with Gasteiger partial charge in [-0.3, -0.25) is 4.79 Å². The van der Waals surface area contributed by atoms with Gasteiger partial charge < -0.3 is 20.5 Å². The first-order valence-electron chi connectivity index (χ1n) is 5.36. The summed E-state index contributed by atoms with van der Waals surface area (Å²) in [4.78, 5) is 11.1. The van der Waals surface area contributed by atoms with Crippen molar-refractivity contribution in [2.75, 3.05) is 26.0 Å².